The van der Waals surface area contributed by atoms with Crippen molar-refractivity contribution in [2.24, 2.45) is 0 Å². The van der Waals surface area contributed by atoms with Gasteiger partial charge in [0.05, 0.1) is 17.3 Å². The second-order valence-electron chi connectivity index (χ2n) is 5.88. The highest BCUT2D eigenvalue weighted by molar-refractivity contribution is 7.97. The quantitative estimate of drug-likeness (QED) is 0.512. The van der Waals surface area contributed by atoms with E-state index in [1.54, 1.807) is 10.7 Å². The molecule has 126 valence electrons. The van der Waals surface area contributed by atoms with Crippen LogP contribution < -0.4 is 4.72 Å². The van der Waals surface area contributed by atoms with E-state index in [-0.39, 0.29) is 10.5 Å². The molecule has 0 saturated heterocycles. The lowest BCUT2D eigenvalue weighted by atomic mass is 10.3. The van der Waals surface area contributed by atoms with Gasteiger partial charge in [0, 0.05) is 10.4 Å². The minimum absolute atomic E-state index is 0.178. The van der Waals surface area contributed by atoms with Crippen LogP contribution in [0.3, 0.4) is 0 Å². The van der Waals surface area contributed by atoms with Gasteiger partial charge in [-0.25, -0.2) is 13.3 Å². The van der Waals surface area contributed by atoms with Crippen LogP contribution in [0.4, 0.5) is 8.78 Å². The summed E-state index contributed by atoms with van der Waals surface area (Å²) in [6.07, 6.45) is 1.24. The van der Waals surface area contributed by atoms with E-state index < -0.39 is 6.43 Å². The Morgan fingerprint density at radius 2 is 2.17 bits per heavy atom. The molecule has 0 atom stereocenters. The third-order valence-electron chi connectivity index (χ3n) is 3.82. The average Bonchev–Trinajstić information content (AvgIpc) is 2.96. The lowest BCUT2D eigenvalue weighted by Gasteiger charge is -2.11. The molecule has 24 heavy (non-hydrogen) atoms. The van der Waals surface area contributed by atoms with Gasteiger partial charge in [-0.3, -0.25) is 4.72 Å². The summed E-state index contributed by atoms with van der Waals surface area (Å²) in [4.78, 5) is 0.931. The largest absolute Gasteiger partial charge is 0.291 e. The Bertz CT molecular complexity index is 906. The van der Waals surface area contributed by atoms with Gasteiger partial charge in [-0.05, 0) is 43.8 Å². The second-order valence-corrected chi connectivity index (χ2v) is 8.16. The van der Waals surface area contributed by atoms with Crippen molar-refractivity contribution in [3.63, 3.8) is 0 Å². The van der Waals surface area contributed by atoms with E-state index in [0.29, 0.717) is 21.2 Å². The van der Waals surface area contributed by atoms with Gasteiger partial charge in [-0.15, -0.1) is 10.2 Å². The Morgan fingerprint density at radius 1 is 1.38 bits per heavy atom. The lowest BCUT2D eigenvalue weighted by Crippen LogP contribution is -2.19. The Morgan fingerprint density at radius 3 is 2.83 bits per heavy atom. The van der Waals surface area contributed by atoms with E-state index in [1.807, 2.05) is 12.1 Å². The molecule has 0 bridgehead atoms. The number of nitrogens with one attached hydrogen (secondary N) is 1. The Kier molecular flexibility index (Phi) is 3.98. The summed E-state index contributed by atoms with van der Waals surface area (Å²) in [5.41, 5.74) is 1.53. The SMILES string of the molecule is CC1(NSc2cc(Cl)n3ncc(-c4nnc(C(F)F)s4)c3c2)CC1. The molecule has 1 fully saturated rings. The number of nitrogens with zero attached hydrogens (tertiary/aromatic N) is 4. The zero-order chi connectivity index (χ0) is 16.9. The highest BCUT2D eigenvalue weighted by Crippen LogP contribution is 2.39. The molecule has 4 rings (SSSR count). The molecule has 3 aromatic rings. The number of fused-ring (bicyclic) bond motifs is 1. The fourth-order valence-electron chi connectivity index (χ4n) is 2.15. The van der Waals surface area contributed by atoms with E-state index in [0.717, 1.165) is 29.1 Å². The Hall–Kier alpha value is -1.29. The normalized spacial score (nSPS) is 16.2. The predicted octanol–water partition coefficient (Wildman–Crippen LogP) is 4.59. The van der Waals surface area contributed by atoms with Crippen LogP contribution in [0.5, 0.6) is 0 Å². The van der Waals surface area contributed by atoms with Crippen molar-refractivity contribution in [3.05, 3.63) is 28.5 Å². The first-order chi connectivity index (χ1) is 11.5. The summed E-state index contributed by atoms with van der Waals surface area (Å²) in [7, 11) is 0. The topological polar surface area (TPSA) is 55.1 Å². The van der Waals surface area contributed by atoms with Crippen molar-refractivity contribution in [3.8, 4) is 10.6 Å². The summed E-state index contributed by atoms with van der Waals surface area (Å²) in [5.74, 6) is 0. The predicted molar refractivity (Wildman–Crippen MR) is 90.7 cm³/mol. The number of pyridine rings is 1. The monoisotopic (exact) mass is 387 g/mol. The van der Waals surface area contributed by atoms with E-state index in [9.17, 15) is 8.78 Å². The van der Waals surface area contributed by atoms with Gasteiger partial charge in [0.2, 0.25) is 0 Å². The van der Waals surface area contributed by atoms with Crippen LogP contribution in [0.1, 0.15) is 31.2 Å². The summed E-state index contributed by atoms with van der Waals surface area (Å²) < 4.78 is 30.4. The summed E-state index contributed by atoms with van der Waals surface area (Å²) >= 11 is 8.66. The third kappa shape index (κ3) is 3.01. The van der Waals surface area contributed by atoms with Gasteiger partial charge in [-0.2, -0.15) is 5.10 Å². The van der Waals surface area contributed by atoms with Crippen molar-refractivity contribution in [2.45, 2.75) is 36.6 Å². The Balaban J connectivity index is 1.71. The van der Waals surface area contributed by atoms with Gasteiger partial charge in [0.25, 0.3) is 6.43 Å². The van der Waals surface area contributed by atoms with Crippen molar-refractivity contribution in [1.29, 1.82) is 0 Å². The molecular weight excluding hydrogens is 376 g/mol. The number of aromatic nitrogens is 4. The van der Waals surface area contributed by atoms with Gasteiger partial charge in [0.1, 0.15) is 5.15 Å². The third-order valence-corrected chi connectivity index (χ3v) is 6.12. The molecule has 10 heteroatoms. The van der Waals surface area contributed by atoms with Crippen molar-refractivity contribution in [2.75, 3.05) is 0 Å². The molecule has 0 aliphatic heterocycles. The van der Waals surface area contributed by atoms with Crippen LogP contribution in [0.2, 0.25) is 5.15 Å². The molecule has 1 aliphatic rings. The van der Waals surface area contributed by atoms with Crippen molar-refractivity contribution in [1.82, 2.24) is 24.5 Å². The van der Waals surface area contributed by atoms with Crippen molar-refractivity contribution < 1.29 is 8.78 Å². The van der Waals surface area contributed by atoms with Crippen LogP contribution >= 0.6 is 34.9 Å². The summed E-state index contributed by atoms with van der Waals surface area (Å²) in [5, 5.41) is 12.2. The van der Waals surface area contributed by atoms with E-state index in [2.05, 4.69) is 26.9 Å². The van der Waals surface area contributed by atoms with Gasteiger partial charge < -0.3 is 0 Å². The molecule has 0 unspecified atom stereocenters. The van der Waals surface area contributed by atoms with E-state index in [4.69, 9.17) is 11.6 Å². The molecule has 0 amide bonds. The maximum absolute atomic E-state index is 12.7. The smallest absolute Gasteiger partial charge is 0.254 e. The van der Waals surface area contributed by atoms with Gasteiger partial charge >= 0.3 is 0 Å². The molecule has 1 aliphatic carbocycles. The first kappa shape index (κ1) is 16.2. The first-order valence-electron chi connectivity index (χ1n) is 7.18. The second kappa shape index (κ2) is 5.91. The number of hydrogen-bond donors (Lipinski definition) is 1. The molecule has 0 aromatic carbocycles. The fraction of sp³-hybridized carbons (Fsp3) is 0.357. The molecule has 0 spiro atoms. The Labute approximate surface area is 149 Å². The zero-order valence-electron chi connectivity index (χ0n) is 12.5. The van der Waals surface area contributed by atoms with Crippen LogP contribution in [0.15, 0.2) is 23.2 Å². The van der Waals surface area contributed by atoms with Gasteiger partial charge in [-0.1, -0.05) is 22.9 Å². The number of hydrogen-bond acceptors (Lipinski definition) is 6. The molecule has 1 saturated carbocycles. The van der Waals surface area contributed by atoms with E-state index in [1.165, 1.54) is 11.9 Å². The van der Waals surface area contributed by atoms with Crippen LogP contribution in [-0.2, 0) is 0 Å². The van der Waals surface area contributed by atoms with Crippen LogP contribution in [0.25, 0.3) is 16.1 Å². The number of rotatable bonds is 5. The van der Waals surface area contributed by atoms with Crippen LogP contribution in [0, 0.1) is 0 Å². The lowest BCUT2D eigenvalue weighted by molar-refractivity contribution is 0.150. The molecule has 3 aromatic heterocycles. The summed E-state index contributed by atoms with van der Waals surface area (Å²) in [6, 6.07) is 3.74. The standard InChI is InChI=1S/C14H12ClF2N5S2/c1-14(2-3-14)21-24-7-4-9-8(6-18-22(9)10(15)5-7)12-19-20-13(23-12)11(16)17/h4-6,11,21H,2-3H2,1H3. The molecule has 1 N–H and O–H groups in total. The molecule has 5 nitrogen and oxygen atoms in total. The highest BCUT2D eigenvalue weighted by atomic mass is 35.5. The minimum Gasteiger partial charge on any atom is -0.254 e. The maximum Gasteiger partial charge on any atom is 0.291 e. The molecule has 3 heterocycles. The first-order valence-corrected chi connectivity index (χ1v) is 9.19. The maximum atomic E-state index is 12.7. The summed E-state index contributed by atoms with van der Waals surface area (Å²) in [6.45, 7) is 2.16. The highest BCUT2D eigenvalue weighted by Gasteiger charge is 2.37. The minimum atomic E-state index is -2.63. The number of alkyl halides is 2. The van der Waals surface area contributed by atoms with Gasteiger partial charge in [0.15, 0.2) is 10.0 Å². The fourth-order valence-corrected chi connectivity index (χ4v) is 4.09. The molecule has 0 radical (unpaired) electrons. The van der Waals surface area contributed by atoms with Crippen molar-refractivity contribution >= 4 is 40.4 Å². The van der Waals surface area contributed by atoms with Crippen LogP contribution in [-0.4, -0.2) is 25.4 Å². The van der Waals surface area contributed by atoms with E-state index >= 15 is 0 Å². The zero-order valence-corrected chi connectivity index (χ0v) is 14.9. The molecular formula is C14H12ClF2N5S2. The average molecular weight is 388 g/mol. The number of halogens is 3.